The van der Waals surface area contributed by atoms with E-state index in [1.165, 1.54) is 6.92 Å². The Morgan fingerprint density at radius 1 is 1.20 bits per heavy atom. The van der Waals surface area contributed by atoms with E-state index in [4.69, 9.17) is 9.05 Å². The molecule has 112 valence electrons. The van der Waals surface area contributed by atoms with E-state index in [0.29, 0.717) is 13.2 Å². The molecule has 20 heavy (non-hydrogen) atoms. The molecule has 0 unspecified atom stereocenters. The lowest BCUT2D eigenvalue weighted by Crippen LogP contribution is -2.29. The van der Waals surface area contributed by atoms with Crippen molar-refractivity contribution in [3.8, 4) is 0 Å². The number of rotatable bonds is 8. The van der Waals surface area contributed by atoms with Crippen LogP contribution in [0.2, 0.25) is 0 Å². The first-order valence-corrected chi connectivity index (χ1v) is 8.43. The summed E-state index contributed by atoms with van der Waals surface area (Å²) in [4.78, 5) is 11.3. The molecule has 0 fully saturated rings. The van der Waals surface area contributed by atoms with Crippen LogP contribution in [0.3, 0.4) is 0 Å². The molecule has 0 saturated heterocycles. The van der Waals surface area contributed by atoms with Crippen molar-refractivity contribution in [3.63, 3.8) is 0 Å². The highest BCUT2D eigenvalue weighted by Crippen LogP contribution is 2.50. The average molecular weight is 299 g/mol. The van der Waals surface area contributed by atoms with Crippen molar-refractivity contribution < 1.29 is 18.4 Å². The van der Waals surface area contributed by atoms with Gasteiger partial charge in [-0.25, -0.2) is 0 Å². The third kappa shape index (κ3) is 5.45. The van der Waals surface area contributed by atoms with Gasteiger partial charge in [-0.15, -0.1) is 0 Å². The van der Waals surface area contributed by atoms with Gasteiger partial charge in [-0.3, -0.25) is 9.36 Å². The van der Waals surface area contributed by atoms with Crippen molar-refractivity contribution in [2.45, 2.75) is 26.8 Å². The number of benzene rings is 1. The summed E-state index contributed by atoms with van der Waals surface area (Å²) in [6.45, 7) is 5.57. The lowest BCUT2D eigenvalue weighted by atomic mass is 10.1. The molecule has 0 radical (unpaired) electrons. The summed E-state index contributed by atoms with van der Waals surface area (Å²) >= 11 is 0. The van der Waals surface area contributed by atoms with E-state index >= 15 is 0 Å². The molecular weight excluding hydrogens is 277 g/mol. The largest absolute Gasteiger partial charge is 0.349 e. The molecule has 0 spiro atoms. The minimum Gasteiger partial charge on any atom is -0.349 e. The Labute approximate surface area is 120 Å². The molecule has 0 bridgehead atoms. The third-order valence-corrected chi connectivity index (χ3v) is 4.75. The van der Waals surface area contributed by atoms with Gasteiger partial charge in [0.2, 0.25) is 5.91 Å². The first-order valence-electron chi connectivity index (χ1n) is 6.71. The van der Waals surface area contributed by atoms with E-state index < -0.39 is 13.6 Å². The van der Waals surface area contributed by atoms with Crippen LogP contribution in [-0.4, -0.2) is 25.3 Å². The molecule has 0 saturated carbocycles. The fourth-order valence-electron chi connectivity index (χ4n) is 1.92. The Kier molecular flexibility index (Phi) is 6.93. The summed E-state index contributed by atoms with van der Waals surface area (Å²) in [6, 6.07) is 9.00. The van der Waals surface area contributed by atoms with Gasteiger partial charge >= 0.3 is 7.60 Å². The smallest absolute Gasteiger partial charge is 0.333 e. The van der Waals surface area contributed by atoms with Crippen LogP contribution in [0.1, 0.15) is 32.4 Å². The molecule has 0 heterocycles. The highest BCUT2D eigenvalue weighted by atomic mass is 31.2. The van der Waals surface area contributed by atoms with Crippen LogP contribution in [0.4, 0.5) is 0 Å². The molecule has 1 atom stereocenters. The van der Waals surface area contributed by atoms with Crippen LogP contribution in [0.5, 0.6) is 0 Å². The Hall–Kier alpha value is -1.16. The van der Waals surface area contributed by atoms with Crippen molar-refractivity contribution in [2.24, 2.45) is 0 Å². The van der Waals surface area contributed by atoms with Gasteiger partial charge in [-0.05, 0) is 19.4 Å². The molecule has 0 aliphatic heterocycles. The van der Waals surface area contributed by atoms with E-state index in [0.717, 1.165) is 5.56 Å². The maximum absolute atomic E-state index is 12.6. The second kappa shape index (κ2) is 8.20. The van der Waals surface area contributed by atoms with E-state index in [1.807, 2.05) is 30.3 Å². The van der Waals surface area contributed by atoms with Crippen LogP contribution in [0, 0.1) is 0 Å². The summed E-state index contributed by atoms with van der Waals surface area (Å²) in [5, 5.41) is 2.80. The Morgan fingerprint density at radius 2 is 1.75 bits per heavy atom. The molecule has 1 N–H and O–H groups in total. The highest BCUT2D eigenvalue weighted by molar-refractivity contribution is 7.53. The van der Waals surface area contributed by atoms with Crippen molar-refractivity contribution in [1.29, 1.82) is 0 Å². The van der Waals surface area contributed by atoms with E-state index in [-0.39, 0.29) is 12.1 Å². The zero-order valence-corrected chi connectivity index (χ0v) is 13.1. The fourth-order valence-corrected chi connectivity index (χ4v) is 3.75. The van der Waals surface area contributed by atoms with Gasteiger partial charge in [0.15, 0.2) is 0 Å². The molecule has 0 aliphatic carbocycles. The number of carbonyl (C=O) groups excluding carboxylic acids is 1. The fraction of sp³-hybridized carbons (Fsp3) is 0.500. The van der Waals surface area contributed by atoms with Crippen LogP contribution >= 0.6 is 7.60 Å². The van der Waals surface area contributed by atoms with Crippen LogP contribution in [0.15, 0.2) is 30.3 Å². The summed E-state index contributed by atoms with van der Waals surface area (Å²) in [7, 11) is -3.21. The van der Waals surface area contributed by atoms with Gasteiger partial charge < -0.3 is 14.4 Å². The number of amides is 1. The Balaban J connectivity index is 2.93. The van der Waals surface area contributed by atoms with Gasteiger partial charge in [0, 0.05) is 6.92 Å². The standard InChI is InChI=1S/C14H22NO4P/c1-4-18-20(17,19-5-2)11-14(15-12(3)16)13-9-7-6-8-10-13/h6-10,14H,4-5,11H2,1-3H3,(H,15,16)/t14-/m1/s1. The molecule has 1 aromatic carbocycles. The van der Waals surface area contributed by atoms with Crippen LogP contribution in [0.25, 0.3) is 0 Å². The predicted molar refractivity (Wildman–Crippen MR) is 78.7 cm³/mol. The molecule has 0 aromatic heterocycles. The first-order chi connectivity index (χ1) is 9.50. The van der Waals surface area contributed by atoms with E-state index in [1.54, 1.807) is 13.8 Å². The minimum atomic E-state index is -3.21. The molecule has 1 amide bonds. The molecule has 1 rings (SSSR count). The monoisotopic (exact) mass is 299 g/mol. The molecule has 6 heteroatoms. The minimum absolute atomic E-state index is 0.123. The normalized spacial score (nSPS) is 12.9. The summed E-state index contributed by atoms with van der Waals surface area (Å²) in [5.41, 5.74) is 0.877. The number of hydrogen-bond acceptors (Lipinski definition) is 4. The predicted octanol–water partition coefficient (Wildman–Crippen LogP) is 3.13. The van der Waals surface area contributed by atoms with E-state index in [9.17, 15) is 9.36 Å². The summed E-state index contributed by atoms with van der Waals surface area (Å²) < 4.78 is 23.2. The molecule has 0 aliphatic rings. The second-order valence-corrected chi connectivity index (χ2v) is 6.40. The first kappa shape index (κ1) is 16.9. The van der Waals surface area contributed by atoms with Crippen molar-refractivity contribution in [1.82, 2.24) is 5.32 Å². The lowest BCUT2D eigenvalue weighted by molar-refractivity contribution is -0.119. The van der Waals surface area contributed by atoms with Gasteiger partial charge in [-0.2, -0.15) is 0 Å². The van der Waals surface area contributed by atoms with E-state index in [2.05, 4.69) is 5.32 Å². The van der Waals surface area contributed by atoms with Crippen molar-refractivity contribution >= 4 is 13.5 Å². The maximum Gasteiger partial charge on any atom is 0.333 e. The van der Waals surface area contributed by atoms with Crippen molar-refractivity contribution in [3.05, 3.63) is 35.9 Å². The van der Waals surface area contributed by atoms with Crippen molar-refractivity contribution in [2.75, 3.05) is 19.4 Å². The summed E-state index contributed by atoms with van der Waals surface area (Å²) in [6.07, 6.45) is 0.123. The van der Waals surface area contributed by atoms with Gasteiger partial charge in [-0.1, -0.05) is 30.3 Å². The maximum atomic E-state index is 12.6. The quantitative estimate of drug-likeness (QED) is 0.749. The average Bonchev–Trinajstić information content (AvgIpc) is 2.39. The number of carbonyl (C=O) groups is 1. The number of hydrogen-bond donors (Lipinski definition) is 1. The highest BCUT2D eigenvalue weighted by Gasteiger charge is 2.29. The Morgan fingerprint density at radius 3 is 2.20 bits per heavy atom. The second-order valence-electron chi connectivity index (χ2n) is 4.29. The van der Waals surface area contributed by atoms with Gasteiger partial charge in [0.1, 0.15) is 0 Å². The molecule has 1 aromatic rings. The molecular formula is C14H22NO4P. The Bertz CT molecular complexity index is 454. The molecule has 5 nitrogen and oxygen atoms in total. The zero-order valence-electron chi connectivity index (χ0n) is 12.2. The van der Waals surface area contributed by atoms with Gasteiger partial charge in [0.25, 0.3) is 0 Å². The topological polar surface area (TPSA) is 64.6 Å². The van der Waals surface area contributed by atoms with Gasteiger partial charge in [0.05, 0.1) is 25.4 Å². The zero-order chi connectivity index (χ0) is 15.0. The summed E-state index contributed by atoms with van der Waals surface area (Å²) in [5.74, 6) is -0.182. The number of nitrogens with one attached hydrogen (secondary N) is 1. The third-order valence-electron chi connectivity index (χ3n) is 2.64. The van der Waals surface area contributed by atoms with Crippen LogP contribution in [-0.2, 0) is 18.4 Å². The lowest BCUT2D eigenvalue weighted by Gasteiger charge is -2.24. The SMILES string of the molecule is CCOP(=O)(C[C@@H](NC(C)=O)c1ccccc1)OCC. The van der Waals surface area contributed by atoms with Crippen LogP contribution < -0.4 is 5.32 Å².